The lowest BCUT2D eigenvalue weighted by molar-refractivity contribution is -0.145. The number of benzene rings is 3. The van der Waals surface area contributed by atoms with Crippen LogP contribution >= 0.6 is 27.7 Å². The molecule has 9 heteroatoms. The minimum Gasteiger partial charge on any atom is -0.490 e. The molecule has 35 heavy (non-hydrogen) atoms. The molecule has 0 saturated carbocycles. The van der Waals surface area contributed by atoms with Gasteiger partial charge in [0.1, 0.15) is 0 Å². The number of rotatable bonds is 8. The molecule has 1 heterocycles. The summed E-state index contributed by atoms with van der Waals surface area (Å²) >= 11 is 4.79. The molecular formula is C26H23BrN2O5S. The van der Waals surface area contributed by atoms with Crippen molar-refractivity contribution in [3.8, 4) is 11.5 Å². The van der Waals surface area contributed by atoms with E-state index in [2.05, 4.69) is 26.2 Å². The Balaban J connectivity index is 1.59. The van der Waals surface area contributed by atoms with E-state index in [1.165, 1.54) is 11.8 Å². The average molecular weight is 555 g/mol. The van der Waals surface area contributed by atoms with Crippen molar-refractivity contribution in [1.29, 1.82) is 0 Å². The highest BCUT2D eigenvalue weighted by Gasteiger charge is 2.25. The molecule has 1 saturated heterocycles. The van der Waals surface area contributed by atoms with Gasteiger partial charge in [-0.3, -0.25) is 4.79 Å². The van der Waals surface area contributed by atoms with E-state index in [-0.39, 0.29) is 19.1 Å². The van der Waals surface area contributed by atoms with E-state index in [4.69, 9.17) is 14.2 Å². The van der Waals surface area contributed by atoms with E-state index < -0.39 is 5.97 Å². The molecule has 180 valence electrons. The number of halogens is 1. The number of nitrogens with zero attached hydrogens (tertiary/aromatic N) is 1. The number of aliphatic imine (C=N–C) groups is 1. The third kappa shape index (κ3) is 6.04. The van der Waals surface area contributed by atoms with E-state index in [0.717, 1.165) is 22.0 Å². The number of hydrogen-bond donors (Lipinski definition) is 1. The third-order valence-corrected chi connectivity index (χ3v) is 6.54. The summed E-state index contributed by atoms with van der Waals surface area (Å²) in [5.41, 5.74) is 1.51. The quantitative estimate of drug-likeness (QED) is 0.278. The Morgan fingerprint density at radius 1 is 1.06 bits per heavy atom. The van der Waals surface area contributed by atoms with Crippen LogP contribution in [0.1, 0.15) is 19.4 Å². The zero-order valence-corrected chi connectivity index (χ0v) is 21.6. The number of fused-ring (bicyclic) bond motifs is 1. The highest BCUT2D eigenvalue weighted by Crippen LogP contribution is 2.37. The molecule has 4 rings (SSSR count). The van der Waals surface area contributed by atoms with Crippen LogP contribution in [0.5, 0.6) is 11.5 Å². The van der Waals surface area contributed by atoms with Crippen molar-refractivity contribution < 1.29 is 23.8 Å². The molecule has 0 aliphatic carbocycles. The maximum Gasteiger partial charge on any atom is 0.344 e. The Morgan fingerprint density at radius 2 is 1.83 bits per heavy atom. The molecule has 0 bridgehead atoms. The fraction of sp³-hybridized carbons (Fsp3) is 0.192. The Bertz CT molecular complexity index is 1330. The number of esters is 1. The minimum atomic E-state index is -0.464. The van der Waals surface area contributed by atoms with E-state index in [1.54, 1.807) is 25.1 Å². The third-order valence-electron chi connectivity index (χ3n) is 4.94. The Morgan fingerprint density at radius 3 is 2.63 bits per heavy atom. The van der Waals surface area contributed by atoms with Gasteiger partial charge in [-0.15, -0.1) is 0 Å². The monoisotopic (exact) mass is 554 g/mol. The molecule has 7 nitrogen and oxygen atoms in total. The molecule has 1 amide bonds. The van der Waals surface area contributed by atoms with Gasteiger partial charge in [0.2, 0.25) is 0 Å². The number of thioether (sulfide) groups is 1. The molecule has 0 aromatic heterocycles. The van der Waals surface area contributed by atoms with Crippen LogP contribution in [-0.4, -0.2) is 36.9 Å². The Kier molecular flexibility index (Phi) is 8.09. The first-order chi connectivity index (χ1) is 17.0. The van der Waals surface area contributed by atoms with Gasteiger partial charge in [-0.25, -0.2) is 9.79 Å². The molecule has 0 radical (unpaired) electrons. The second-order valence-electron chi connectivity index (χ2n) is 7.33. The van der Waals surface area contributed by atoms with Crippen LogP contribution in [0.15, 0.2) is 69.0 Å². The van der Waals surface area contributed by atoms with Gasteiger partial charge in [-0.05, 0) is 60.8 Å². The fourth-order valence-corrected chi connectivity index (χ4v) is 4.68. The van der Waals surface area contributed by atoms with Crippen LogP contribution in [0.2, 0.25) is 0 Å². The molecule has 1 aliphatic heterocycles. The smallest absolute Gasteiger partial charge is 0.344 e. The van der Waals surface area contributed by atoms with Crippen molar-refractivity contribution >= 4 is 67.3 Å². The number of nitrogens with one attached hydrogen (secondary N) is 1. The van der Waals surface area contributed by atoms with Crippen molar-refractivity contribution in [2.75, 3.05) is 19.8 Å². The SMILES string of the molecule is CCOC(=O)COc1cc(Br)c(/C=C2/SC(=Nc3cccc4ccccc34)NC2=O)cc1OCC. The number of carbonyl (C=O) groups excluding carboxylic acids is 2. The molecule has 1 aliphatic rings. The second-order valence-corrected chi connectivity index (χ2v) is 9.21. The van der Waals surface area contributed by atoms with Gasteiger partial charge in [0.05, 0.1) is 23.8 Å². The van der Waals surface area contributed by atoms with Crippen molar-refractivity contribution in [2.24, 2.45) is 4.99 Å². The highest BCUT2D eigenvalue weighted by molar-refractivity contribution is 9.10. The topological polar surface area (TPSA) is 86.2 Å². The van der Waals surface area contributed by atoms with Gasteiger partial charge in [-0.1, -0.05) is 52.3 Å². The number of hydrogen-bond acceptors (Lipinski definition) is 7. The highest BCUT2D eigenvalue weighted by atomic mass is 79.9. The van der Waals surface area contributed by atoms with Crippen LogP contribution in [0.3, 0.4) is 0 Å². The van der Waals surface area contributed by atoms with Gasteiger partial charge in [-0.2, -0.15) is 0 Å². The van der Waals surface area contributed by atoms with Crippen molar-refractivity contribution in [3.63, 3.8) is 0 Å². The normalized spacial score (nSPS) is 15.5. The predicted molar refractivity (Wildman–Crippen MR) is 142 cm³/mol. The maximum absolute atomic E-state index is 12.7. The first-order valence-corrected chi connectivity index (χ1v) is 12.6. The van der Waals surface area contributed by atoms with Gasteiger partial charge in [0.25, 0.3) is 5.91 Å². The van der Waals surface area contributed by atoms with Gasteiger partial charge < -0.3 is 19.5 Å². The lowest BCUT2D eigenvalue weighted by Gasteiger charge is -2.13. The summed E-state index contributed by atoms with van der Waals surface area (Å²) in [6.45, 7) is 4.04. The first-order valence-electron chi connectivity index (χ1n) is 11.0. The summed E-state index contributed by atoms with van der Waals surface area (Å²) in [7, 11) is 0. The van der Waals surface area contributed by atoms with Crippen molar-refractivity contribution in [1.82, 2.24) is 5.32 Å². The molecule has 0 unspecified atom stereocenters. The first kappa shape index (κ1) is 24.8. The molecule has 0 atom stereocenters. The van der Waals surface area contributed by atoms with Gasteiger partial charge in [0, 0.05) is 9.86 Å². The van der Waals surface area contributed by atoms with Gasteiger partial charge >= 0.3 is 5.97 Å². The van der Waals surface area contributed by atoms with Crippen molar-refractivity contribution in [3.05, 3.63) is 69.5 Å². The van der Waals surface area contributed by atoms with Gasteiger partial charge in [0.15, 0.2) is 23.3 Å². The van der Waals surface area contributed by atoms with Crippen LogP contribution in [-0.2, 0) is 14.3 Å². The summed E-state index contributed by atoms with van der Waals surface area (Å²) in [6, 6.07) is 17.3. The molecule has 1 N–H and O–H groups in total. The zero-order valence-electron chi connectivity index (χ0n) is 19.2. The minimum absolute atomic E-state index is 0.229. The number of amidine groups is 1. The molecule has 3 aromatic rings. The Hall–Kier alpha value is -3.30. The average Bonchev–Trinajstić information content (AvgIpc) is 3.19. The maximum atomic E-state index is 12.7. The summed E-state index contributed by atoms with van der Waals surface area (Å²) in [6.07, 6.45) is 1.76. The van der Waals surface area contributed by atoms with E-state index in [9.17, 15) is 9.59 Å². The second kappa shape index (κ2) is 11.4. The summed E-state index contributed by atoms with van der Waals surface area (Å²) in [5.74, 6) is 0.159. The summed E-state index contributed by atoms with van der Waals surface area (Å²) in [5, 5.41) is 5.44. The largest absolute Gasteiger partial charge is 0.490 e. The standard InChI is InChI=1S/C26H23BrN2O5S/c1-3-32-21-12-17(19(27)14-22(21)34-15-24(30)33-4-2)13-23-25(31)29-26(35-23)28-20-11-7-9-16-8-5-6-10-18(16)20/h5-14H,3-4,15H2,1-2H3,(H,28,29,31)/b23-13+. The molecule has 1 fully saturated rings. The van der Waals surface area contributed by atoms with Crippen LogP contribution in [0.25, 0.3) is 16.8 Å². The van der Waals surface area contributed by atoms with E-state index in [0.29, 0.717) is 32.7 Å². The van der Waals surface area contributed by atoms with Crippen LogP contribution in [0.4, 0.5) is 5.69 Å². The number of amides is 1. The van der Waals surface area contributed by atoms with E-state index >= 15 is 0 Å². The lowest BCUT2D eigenvalue weighted by atomic mass is 10.1. The Labute approximate surface area is 215 Å². The van der Waals surface area contributed by atoms with Crippen molar-refractivity contribution in [2.45, 2.75) is 13.8 Å². The fourth-order valence-electron chi connectivity index (χ4n) is 3.42. The number of carbonyl (C=O) groups is 2. The predicted octanol–water partition coefficient (Wildman–Crippen LogP) is 5.83. The molecule has 0 spiro atoms. The zero-order chi connectivity index (χ0) is 24.8. The van der Waals surface area contributed by atoms with Crippen LogP contribution < -0.4 is 14.8 Å². The summed E-state index contributed by atoms with van der Waals surface area (Å²) < 4.78 is 16.9. The summed E-state index contributed by atoms with van der Waals surface area (Å²) in [4.78, 5) is 29.5. The molecular weight excluding hydrogens is 532 g/mol. The van der Waals surface area contributed by atoms with E-state index in [1.807, 2.05) is 49.4 Å². The molecule has 3 aromatic carbocycles. The lowest BCUT2D eigenvalue weighted by Crippen LogP contribution is -2.19. The van der Waals surface area contributed by atoms with Crippen LogP contribution in [0, 0.1) is 0 Å². The number of ether oxygens (including phenoxy) is 3.